The summed E-state index contributed by atoms with van der Waals surface area (Å²) in [4.78, 5) is 23.5. The van der Waals surface area contributed by atoms with Crippen LogP contribution in [0.4, 0.5) is 11.4 Å². The molecular weight excluding hydrogens is 410 g/mol. The van der Waals surface area contributed by atoms with Crippen LogP contribution in [-0.2, 0) is 9.59 Å². The van der Waals surface area contributed by atoms with Crippen molar-refractivity contribution in [1.29, 1.82) is 0 Å². The molecule has 2 amide bonds. The molecule has 2 aromatic carbocycles. The number of rotatable bonds is 6. The first-order chi connectivity index (χ1) is 13.8. The minimum absolute atomic E-state index is 0.161. The minimum Gasteiger partial charge on any atom is -0.325 e. The largest absolute Gasteiger partial charge is 0.325 e. The Kier molecular flexibility index (Phi) is 6.56. The summed E-state index contributed by atoms with van der Waals surface area (Å²) in [7, 11) is 0. The van der Waals surface area contributed by atoms with Crippen molar-refractivity contribution < 1.29 is 9.59 Å². The van der Waals surface area contributed by atoms with E-state index < -0.39 is 0 Å². The maximum Gasteiger partial charge on any atom is 0.234 e. The number of benzene rings is 2. The van der Waals surface area contributed by atoms with Crippen LogP contribution < -0.4 is 10.6 Å². The molecule has 0 saturated carbocycles. The number of nitrogens with one attached hydrogen (secondary N) is 2. The second-order valence-corrected chi connectivity index (χ2v) is 7.81. The van der Waals surface area contributed by atoms with Gasteiger partial charge in [0.15, 0.2) is 5.16 Å². The van der Waals surface area contributed by atoms with Crippen molar-refractivity contribution in [1.82, 2.24) is 14.8 Å². The molecule has 1 heterocycles. The van der Waals surface area contributed by atoms with E-state index in [2.05, 4.69) is 33.8 Å². The number of hydrogen-bond donors (Lipinski definition) is 2. The Bertz CT molecular complexity index is 1070. The molecule has 0 spiro atoms. The van der Waals surface area contributed by atoms with Crippen LogP contribution in [-0.4, -0.2) is 32.3 Å². The number of amides is 2. The number of hydrogen-bond acceptors (Lipinski definition) is 5. The third kappa shape index (κ3) is 5.36. The van der Waals surface area contributed by atoms with Gasteiger partial charge in [-0.15, -0.1) is 10.2 Å². The summed E-state index contributed by atoms with van der Waals surface area (Å²) >= 11 is 7.42. The molecule has 0 atom stereocenters. The van der Waals surface area contributed by atoms with Crippen molar-refractivity contribution >= 4 is 46.6 Å². The molecule has 7 nitrogen and oxygen atoms in total. The molecule has 9 heteroatoms. The van der Waals surface area contributed by atoms with E-state index in [9.17, 15) is 9.59 Å². The van der Waals surface area contributed by atoms with Crippen molar-refractivity contribution in [3.63, 3.8) is 0 Å². The molecule has 3 aromatic rings. The molecule has 3 rings (SSSR count). The fourth-order valence-corrected chi connectivity index (χ4v) is 3.54. The number of aryl methyl sites for hydroxylation is 2. The zero-order valence-electron chi connectivity index (χ0n) is 16.2. The maximum absolute atomic E-state index is 12.3. The number of carbonyl (C=O) groups is 2. The van der Waals surface area contributed by atoms with E-state index in [0.717, 1.165) is 5.69 Å². The molecule has 150 valence electrons. The molecule has 0 aliphatic rings. The van der Waals surface area contributed by atoms with Crippen LogP contribution in [0.3, 0.4) is 0 Å². The fourth-order valence-electron chi connectivity index (χ4n) is 2.59. The van der Waals surface area contributed by atoms with Gasteiger partial charge in [-0.2, -0.15) is 0 Å². The van der Waals surface area contributed by atoms with Gasteiger partial charge in [0.2, 0.25) is 11.8 Å². The van der Waals surface area contributed by atoms with E-state index in [1.807, 2.05) is 23.6 Å². The van der Waals surface area contributed by atoms with Crippen molar-refractivity contribution in [3.05, 3.63) is 58.9 Å². The van der Waals surface area contributed by atoms with E-state index >= 15 is 0 Å². The van der Waals surface area contributed by atoms with Crippen LogP contribution in [0, 0.1) is 13.8 Å². The molecule has 0 saturated heterocycles. The van der Waals surface area contributed by atoms with E-state index in [-0.39, 0.29) is 17.6 Å². The van der Waals surface area contributed by atoms with Gasteiger partial charge in [-0.25, -0.2) is 0 Å². The standard InChI is InChI=1S/C20H20ClN5O2S/c1-12-4-6-16(8-13(12)2)26-11-22-25-20(26)29-10-19(28)24-15-5-7-18(17(21)9-15)23-14(3)27/h4-9,11H,10H2,1-3H3,(H,23,27)(H,24,28). The number of thioether (sulfide) groups is 1. The average molecular weight is 430 g/mol. The Hall–Kier alpha value is -2.84. The van der Waals surface area contributed by atoms with Crippen LogP contribution >= 0.6 is 23.4 Å². The second kappa shape index (κ2) is 9.11. The van der Waals surface area contributed by atoms with E-state index in [1.54, 1.807) is 24.5 Å². The lowest BCUT2D eigenvalue weighted by Gasteiger charge is -2.10. The highest BCUT2D eigenvalue weighted by atomic mass is 35.5. The quantitative estimate of drug-likeness (QED) is 0.572. The lowest BCUT2D eigenvalue weighted by atomic mass is 10.1. The average Bonchev–Trinajstić information content (AvgIpc) is 3.13. The molecule has 0 aliphatic carbocycles. The van der Waals surface area contributed by atoms with Gasteiger partial charge in [-0.05, 0) is 55.3 Å². The monoisotopic (exact) mass is 429 g/mol. The highest BCUT2D eigenvalue weighted by Crippen LogP contribution is 2.26. The maximum atomic E-state index is 12.3. The number of aromatic nitrogens is 3. The van der Waals surface area contributed by atoms with Gasteiger partial charge in [0.1, 0.15) is 6.33 Å². The first-order valence-electron chi connectivity index (χ1n) is 8.81. The van der Waals surface area contributed by atoms with E-state index in [0.29, 0.717) is 21.6 Å². The molecule has 0 aliphatic heterocycles. The lowest BCUT2D eigenvalue weighted by Crippen LogP contribution is -2.15. The topological polar surface area (TPSA) is 88.9 Å². The van der Waals surface area contributed by atoms with Crippen LogP contribution in [0.2, 0.25) is 5.02 Å². The van der Waals surface area contributed by atoms with Crippen molar-refractivity contribution in [2.75, 3.05) is 16.4 Å². The van der Waals surface area contributed by atoms with Gasteiger partial charge in [0, 0.05) is 18.3 Å². The molecule has 0 radical (unpaired) electrons. The first-order valence-corrected chi connectivity index (χ1v) is 10.2. The van der Waals surface area contributed by atoms with Gasteiger partial charge < -0.3 is 10.6 Å². The van der Waals surface area contributed by atoms with Crippen LogP contribution in [0.25, 0.3) is 5.69 Å². The zero-order chi connectivity index (χ0) is 21.0. The Labute approximate surface area is 177 Å². The fraction of sp³-hybridized carbons (Fsp3) is 0.200. The second-order valence-electron chi connectivity index (χ2n) is 6.46. The third-order valence-electron chi connectivity index (χ3n) is 4.18. The molecule has 29 heavy (non-hydrogen) atoms. The SMILES string of the molecule is CC(=O)Nc1ccc(NC(=O)CSc2nncn2-c2ccc(C)c(C)c2)cc1Cl. The summed E-state index contributed by atoms with van der Waals surface area (Å²) in [5.41, 5.74) is 4.36. The summed E-state index contributed by atoms with van der Waals surface area (Å²) < 4.78 is 1.85. The number of halogens is 1. The molecule has 0 unspecified atom stereocenters. The van der Waals surface area contributed by atoms with E-state index in [4.69, 9.17) is 11.6 Å². The molecule has 0 fully saturated rings. The molecule has 0 bridgehead atoms. The number of anilines is 2. The summed E-state index contributed by atoms with van der Waals surface area (Å²) in [6, 6.07) is 11.0. The van der Waals surface area contributed by atoms with Gasteiger partial charge in [-0.3, -0.25) is 14.2 Å². The van der Waals surface area contributed by atoms with Crippen LogP contribution in [0.5, 0.6) is 0 Å². The summed E-state index contributed by atoms with van der Waals surface area (Å²) in [5.74, 6) is -0.254. The third-order valence-corrected chi connectivity index (χ3v) is 5.44. The van der Waals surface area contributed by atoms with Crippen molar-refractivity contribution in [3.8, 4) is 5.69 Å². The Balaban J connectivity index is 1.63. The predicted molar refractivity (Wildman–Crippen MR) is 116 cm³/mol. The Morgan fingerprint density at radius 1 is 1.10 bits per heavy atom. The first kappa shape index (κ1) is 20.9. The molecule has 2 N–H and O–H groups in total. The Morgan fingerprint density at radius 2 is 1.90 bits per heavy atom. The predicted octanol–water partition coefficient (Wildman–Crippen LogP) is 4.23. The van der Waals surface area contributed by atoms with Gasteiger partial charge >= 0.3 is 0 Å². The van der Waals surface area contributed by atoms with Crippen molar-refractivity contribution in [2.24, 2.45) is 0 Å². The molecular formula is C20H20ClN5O2S. The highest BCUT2D eigenvalue weighted by Gasteiger charge is 2.12. The van der Waals surface area contributed by atoms with Crippen molar-refractivity contribution in [2.45, 2.75) is 25.9 Å². The summed E-state index contributed by atoms with van der Waals surface area (Å²) in [6.45, 7) is 5.51. The Morgan fingerprint density at radius 3 is 2.59 bits per heavy atom. The normalized spacial score (nSPS) is 10.6. The summed E-state index contributed by atoms with van der Waals surface area (Å²) in [6.07, 6.45) is 1.63. The lowest BCUT2D eigenvalue weighted by molar-refractivity contribution is -0.114. The number of nitrogens with zero attached hydrogens (tertiary/aromatic N) is 3. The van der Waals surface area contributed by atoms with E-state index in [1.165, 1.54) is 29.8 Å². The highest BCUT2D eigenvalue weighted by molar-refractivity contribution is 7.99. The van der Waals surface area contributed by atoms with Gasteiger partial charge in [0.05, 0.1) is 16.5 Å². The zero-order valence-corrected chi connectivity index (χ0v) is 17.8. The molecule has 1 aromatic heterocycles. The smallest absolute Gasteiger partial charge is 0.234 e. The van der Waals surface area contributed by atoms with Gasteiger partial charge in [0.25, 0.3) is 0 Å². The minimum atomic E-state index is -0.215. The van der Waals surface area contributed by atoms with Crippen LogP contribution in [0.1, 0.15) is 18.1 Å². The van der Waals surface area contributed by atoms with Gasteiger partial charge in [-0.1, -0.05) is 29.4 Å². The van der Waals surface area contributed by atoms with Crippen LogP contribution in [0.15, 0.2) is 47.9 Å². The summed E-state index contributed by atoms with van der Waals surface area (Å²) in [5, 5.41) is 14.5. The number of carbonyl (C=O) groups excluding carboxylic acids is 2.